The van der Waals surface area contributed by atoms with Gasteiger partial charge in [-0.2, -0.15) is 4.98 Å². The predicted octanol–water partition coefficient (Wildman–Crippen LogP) is 0.616. The summed E-state index contributed by atoms with van der Waals surface area (Å²) < 4.78 is 24.6. The zero-order chi connectivity index (χ0) is 14.8. The molecule has 3 aliphatic rings. The minimum atomic E-state index is -0.643. The zero-order valence-electron chi connectivity index (χ0n) is 12.2. The number of ether oxygens (including phenoxy) is 4. The molecule has 0 saturated carbocycles. The second kappa shape index (κ2) is 4.28. The monoisotopic (exact) mass is 294 g/mol. The van der Waals surface area contributed by atoms with Gasteiger partial charge in [0.15, 0.2) is 12.0 Å². The van der Waals surface area contributed by atoms with E-state index in [4.69, 9.17) is 18.9 Å². The lowest BCUT2D eigenvalue weighted by atomic mass is 10.1. The van der Waals surface area contributed by atoms with E-state index in [1.54, 1.807) is 10.6 Å². The average molecular weight is 294 g/mol. The molecule has 4 rings (SSSR count). The summed E-state index contributed by atoms with van der Waals surface area (Å²) in [4.78, 5) is 16.2. The lowest BCUT2D eigenvalue weighted by Gasteiger charge is -2.30. The van der Waals surface area contributed by atoms with Crippen molar-refractivity contribution in [2.45, 2.75) is 57.5 Å². The number of hydrogen-bond acceptors (Lipinski definition) is 6. The summed E-state index contributed by atoms with van der Waals surface area (Å²) in [5, 5.41) is 0. The van der Waals surface area contributed by atoms with Crippen molar-refractivity contribution in [2.75, 3.05) is 6.61 Å². The maximum Gasteiger partial charge on any atom is 0.353 e. The van der Waals surface area contributed by atoms with Crippen molar-refractivity contribution in [2.24, 2.45) is 0 Å². The fourth-order valence-electron chi connectivity index (χ4n) is 3.40. The summed E-state index contributed by atoms with van der Waals surface area (Å²) in [7, 11) is 0. The van der Waals surface area contributed by atoms with Gasteiger partial charge in [0.1, 0.15) is 12.2 Å². The molecule has 4 atom stereocenters. The molecule has 7 heteroatoms. The second-order valence-electron chi connectivity index (χ2n) is 6.01. The van der Waals surface area contributed by atoms with E-state index >= 15 is 0 Å². The molecule has 3 aliphatic heterocycles. The molecule has 2 bridgehead atoms. The van der Waals surface area contributed by atoms with Crippen LogP contribution in [0.25, 0.3) is 0 Å². The molecule has 114 valence electrons. The minimum absolute atomic E-state index is 0.0990. The molecule has 1 aromatic rings. The number of rotatable bonds is 2. The fraction of sp³-hybridized carbons (Fsp3) is 0.714. The van der Waals surface area contributed by atoms with Gasteiger partial charge in [-0.15, -0.1) is 0 Å². The molecule has 0 radical (unpaired) electrons. The summed E-state index contributed by atoms with van der Waals surface area (Å²) in [6.45, 7) is 6.09. The molecular weight excluding hydrogens is 276 g/mol. The third kappa shape index (κ3) is 1.91. The van der Waals surface area contributed by atoms with Crippen LogP contribution in [0.5, 0.6) is 5.88 Å². The van der Waals surface area contributed by atoms with Crippen molar-refractivity contribution in [1.29, 1.82) is 0 Å². The number of fused-ring (bicyclic) bond motifs is 7. The fourth-order valence-corrected chi connectivity index (χ4v) is 3.40. The van der Waals surface area contributed by atoms with Crippen molar-refractivity contribution in [3.63, 3.8) is 0 Å². The van der Waals surface area contributed by atoms with E-state index < -0.39 is 12.0 Å². The molecule has 0 amide bonds. The maximum atomic E-state index is 12.3. The maximum absolute atomic E-state index is 12.3. The molecule has 1 aromatic heterocycles. The quantitative estimate of drug-likeness (QED) is 0.796. The van der Waals surface area contributed by atoms with Crippen molar-refractivity contribution in [3.8, 4) is 5.88 Å². The molecule has 0 N–H and O–H groups in total. The Kier molecular flexibility index (Phi) is 2.70. The van der Waals surface area contributed by atoms with Crippen LogP contribution in [0.3, 0.4) is 0 Å². The van der Waals surface area contributed by atoms with Gasteiger partial charge >= 0.3 is 5.69 Å². The summed E-state index contributed by atoms with van der Waals surface area (Å²) >= 11 is 0. The molecule has 0 unspecified atom stereocenters. The predicted molar refractivity (Wildman–Crippen MR) is 71.1 cm³/mol. The van der Waals surface area contributed by atoms with Crippen molar-refractivity contribution < 1.29 is 18.9 Å². The van der Waals surface area contributed by atoms with Crippen molar-refractivity contribution in [3.05, 3.63) is 22.2 Å². The van der Waals surface area contributed by atoms with Crippen LogP contribution in [0.1, 0.15) is 32.7 Å². The largest absolute Gasteiger partial charge is 0.478 e. The molecular formula is C14H18N2O5. The number of nitrogens with zero attached hydrogens (tertiary/aromatic N) is 2. The Morgan fingerprint density at radius 3 is 2.95 bits per heavy atom. The van der Waals surface area contributed by atoms with Gasteiger partial charge in [-0.25, -0.2) is 4.79 Å². The van der Waals surface area contributed by atoms with Crippen LogP contribution in [0.4, 0.5) is 0 Å². The van der Waals surface area contributed by atoms with E-state index in [1.165, 1.54) is 0 Å². The highest BCUT2D eigenvalue weighted by atomic mass is 16.8. The average Bonchev–Trinajstić information content (AvgIpc) is 2.84. The molecule has 0 spiro atoms. The topological polar surface area (TPSA) is 71.8 Å². The van der Waals surface area contributed by atoms with Crippen LogP contribution in [0, 0.1) is 0 Å². The van der Waals surface area contributed by atoms with Crippen molar-refractivity contribution in [1.82, 2.24) is 9.55 Å². The lowest BCUT2D eigenvalue weighted by Crippen LogP contribution is -2.39. The molecule has 4 heterocycles. The Hall–Kier alpha value is -1.44. The smallest absolute Gasteiger partial charge is 0.353 e. The van der Waals surface area contributed by atoms with E-state index in [0.717, 1.165) is 5.69 Å². The first-order valence-electron chi connectivity index (χ1n) is 7.25. The first kappa shape index (κ1) is 13.2. The molecule has 0 aliphatic carbocycles. The summed E-state index contributed by atoms with van der Waals surface area (Å²) in [6.07, 6.45) is -0.405. The first-order chi connectivity index (χ1) is 9.98. The van der Waals surface area contributed by atoms with Gasteiger partial charge in [0.05, 0.1) is 12.7 Å². The molecule has 2 fully saturated rings. The van der Waals surface area contributed by atoms with Gasteiger partial charge in [-0.05, 0) is 20.8 Å². The highest BCUT2D eigenvalue weighted by Crippen LogP contribution is 2.46. The Labute approximate surface area is 121 Å². The van der Waals surface area contributed by atoms with Crippen LogP contribution in [0.15, 0.2) is 10.9 Å². The molecule has 7 nitrogen and oxygen atoms in total. The Morgan fingerprint density at radius 1 is 1.43 bits per heavy atom. The molecule has 21 heavy (non-hydrogen) atoms. The van der Waals surface area contributed by atoms with E-state index in [0.29, 0.717) is 18.9 Å². The van der Waals surface area contributed by atoms with Crippen LogP contribution >= 0.6 is 0 Å². The van der Waals surface area contributed by atoms with Gasteiger partial charge in [0.25, 0.3) is 0 Å². The van der Waals surface area contributed by atoms with Gasteiger partial charge in [0.2, 0.25) is 5.88 Å². The van der Waals surface area contributed by atoms with E-state index in [1.807, 2.05) is 20.8 Å². The van der Waals surface area contributed by atoms with Gasteiger partial charge in [-0.3, -0.25) is 4.57 Å². The Bertz CT molecular complexity index is 641. The number of hydrogen-bond donors (Lipinski definition) is 0. The highest BCUT2D eigenvalue weighted by Gasteiger charge is 2.58. The third-order valence-corrected chi connectivity index (χ3v) is 4.09. The van der Waals surface area contributed by atoms with Gasteiger partial charge in [0, 0.05) is 18.2 Å². The standard InChI is InChI=1S/C14H18N2O5/c1-4-18-9-6-7-5-8-10-11(21-14(2,3)20-10)12(19-8)16(7)13(17)15-9/h6,8,10-12H,4-5H2,1-3H3/t8-,10-,11-,12-/m1/s1. The van der Waals surface area contributed by atoms with Gasteiger partial charge in [-0.1, -0.05) is 0 Å². The van der Waals surface area contributed by atoms with Crippen molar-refractivity contribution >= 4 is 0 Å². The van der Waals surface area contributed by atoms with Gasteiger partial charge < -0.3 is 18.9 Å². The van der Waals surface area contributed by atoms with Crippen LogP contribution in [0.2, 0.25) is 0 Å². The zero-order valence-corrected chi connectivity index (χ0v) is 12.2. The Balaban J connectivity index is 1.76. The highest BCUT2D eigenvalue weighted by molar-refractivity contribution is 5.21. The van der Waals surface area contributed by atoms with E-state index in [9.17, 15) is 4.79 Å². The molecule has 2 saturated heterocycles. The lowest BCUT2D eigenvalue weighted by molar-refractivity contribution is -0.202. The summed E-state index contributed by atoms with van der Waals surface area (Å²) in [5.74, 6) is -0.280. The van der Waals surface area contributed by atoms with Crippen LogP contribution in [-0.2, 0) is 20.6 Å². The van der Waals surface area contributed by atoms with Crippen LogP contribution in [-0.4, -0.2) is 40.3 Å². The Morgan fingerprint density at radius 2 is 2.19 bits per heavy atom. The number of aromatic nitrogens is 2. The SMILES string of the molecule is CCOc1cc2n(c(=O)n1)[C@@H]1O[C@H](C2)[C@H]2OC(C)(C)O[C@H]21. The minimum Gasteiger partial charge on any atom is -0.478 e. The van der Waals surface area contributed by atoms with Crippen LogP contribution < -0.4 is 10.4 Å². The summed E-state index contributed by atoms with van der Waals surface area (Å²) in [5.41, 5.74) is 0.493. The van der Waals surface area contributed by atoms with E-state index in [-0.39, 0.29) is 24.0 Å². The second-order valence-corrected chi connectivity index (χ2v) is 6.01. The first-order valence-corrected chi connectivity index (χ1v) is 7.25. The van der Waals surface area contributed by atoms with E-state index in [2.05, 4.69) is 4.98 Å². The molecule has 0 aromatic carbocycles. The normalized spacial score (nSPS) is 35.4. The summed E-state index contributed by atoms with van der Waals surface area (Å²) in [6, 6.07) is 1.81. The third-order valence-electron chi connectivity index (χ3n) is 4.09.